The minimum Gasteiger partial charge on any atom is -0.508 e. The Morgan fingerprint density at radius 1 is 0.947 bits per heavy atom. The molecule has 3 aromatic carbocycles. The molecule has 3 rings (SSSR count). The Labute approximate surface area is 117 Å². The van der Waals surface area contributed by atoms with Gasteiger partial charge in [0, 0.05) is 4.90 Å². The molecule has 0 aliphatic carbocycles. The third kappa shape index (κ3) is 2.08. The number of benzene rings is 3. The molecule has 94 valence electrons. The van der Waals surface area contributed by atoms with Gasteiger partial charge in [-0.05, 0) is 52.6 Å². The normalized spacial score (nSPS) is 10.8. The maximum atomic E-state index is 9.38. The number of phenolic OH excluding ortho intramolecular Hbond substituents is 1. The van der Waals surface area contributed by atoms with Crippen molar-refractivity contribution in [3.8, 4) is 16.9 Å². The Morgan fingerprint density at radius 2 is 1.63 bits per heavy atom. The molecule has 0 unspecified atom stereocenters. The number of thiol groups is 1. The van der Waals surface area contributed by atoms with Gasteiger partial charge in [0.05, 0.1) is 0 Å². The molecule has 0 saturated carbocycles. The van der Waals surface area contributed by atoms with E-state index in [1.54, 1.807) is 12.1 Å². The number of hydrogen-bond acceptors (Lipinski definition) is 2. The lowest BCUT2D eigenvalue weighted by atomic mass is 9.96. The van der Waals surface area contributed by atoms with E-state index in [4.69, 9.17) is 0 Å². The van der Waals surface area contributed by atoms with Gasteiger partial charge in [-0.15, -0.1) is 12.6 Å². The smallest absolute Gasteiger partial charge is 0.115 e. The van der Waals surface area contributed by atoms with Gasteiger partial charge in [-0.3, -0.25) is 0 Å². The lowest BCUT2D eigenvalue weighted by Crippen LogP contribution is -1.87. The van der Waals surface area contributed by atoms with E-state index in [1.807, 2.05) is 24.3 Å². The van der Waals surface area contributed by atoms with E-state index in [1.165, 1.54) is 10.8 Å². The van der Waals surface area contributed by atoms with Crippen LogP contribution in [0.1, 0.15) is 5.56 Å². The molecule has 0 bridgehead atoms. The summed E-state index contributed by atoms with van der Waals surface area (Å²) in [6, 6.07) is 17.7. The number of aromatic hydroxyl groups is 1. The SMILES string of the molecule is Cc1c(-c2ccc(O)cc2)cc2ccccc2c1S. The third-order valence-electron chi connectivity index (χ3n) is 3.45. The molecule has 1 N–H and O–H groups in total. The fourth-order valence-corrected chi connectivity index (χ4v) is 2.70. The topological polar surface area (TPSA) is 20.2 Å². The maximum Gasteiger partial charge on any atom is 0.115 e. The second-order valence-electron chi connectivity index (χ2n) is 4.67. The molecule has 0 aliphatic rings. The van der Waals surface area contributed by atoms with Crippen LogP contribution in [0.2, 0.25) is 0 Å². The first-order valence-corrected chi connectivity index (χ1v) is 6.62. The first-order chi connectivity index (χ1) is 9.16. The van der Waals surface area contributed by atoms with E-state index in [0.29, 0.717) is 0 Å². The number of rotatable bonds is 1. The fourth-order valence-electron chi connectivity index (χ4n) is 2.37. The van der Waals surface area contributed by atoms with Gasteiger partial charge in [-0.25, -0.2) is 0 Å². The minimum atomic E-state index is 0.285. The maximum absolute atomic E-state index is 9.38. The van der Waals surface area contributed by atoms with Crippen molar-refractivity contribution >= 4 is 23.4 Å². The zero-order chi connectivity index (χ0) is 13.4. The van der Waals surface area contributed by atoms with Gasteiger partial charge in [0.1, 0.15) is 5.75 Å². The van der Waals surface area contributed by atoms with Gasteiger partial charge in [0.2, 0.25) is 0 Å². The van der Waals surface area contributed by atoms with E-state index < -0.39 is 0 Å². The predicted octanol–water partition coefficient (Wildman–Crippen LogP) is 4.81. The van der Waals surface area contributed by atoms with Crippen LogP contribution in [0, 0.1) is 6.92 Å². The highest BCUT2D eigenvalue weighted by molar-refractivity contribution is 7.80. The molecule has 0 aliphatic heterocycles. The molecule has 0 atom stereocenters. The van der Waals surface area contributed by atoms with E-state index in [0.717, 1.165) is 21.6 Å². The van der Waals surface area contributed by atoms with E-state index >= 15 is 0 Å². The molecule has 0 fully saturated rings. The van der Waals surface area contributed by atoms with Crippen LogP contribution < -0.4 is 0 Å². The molecule has 0 aromatic heterocycles. The lowest BCUT2D eigenvalue weighted by molar-refractivity contribution is 0.475. The first kappa shape index (κ1) is 12.1. The summed E-state index contributed by atoms with van der Waals surface area (Å²) in [7, 11) is 0. The average Bonchev–Trinajstić information content (AvgIpc) is 2.44. The minimum absolute atomic E-state index is 0.285. The summed E-state index contributed by atoms with van der Waals surface area (Å²) >= 11 is 4.65. The average molecular weight is 266 g/mol. The van der Waals surface area contributed by atoms with Crippen LogP contribution in [0.25, 0.3) is 21.9 Å². The van der Waals surface area contributed by atoms with Crippen LogP contribution >= 0.6 is 12.6 Å². The van der Waals surface area contributed by atoms with Gasteiger partial charge in [-0.2, -0.15) is 0 Å². The monoisotopic (exact) mass is 266 g/mol. The summed E-state index contributed by atoms with van der Waals surface area (Å²) < 4.78 is 0. The summed E-state index contributed by atoms with van der Waals surface area (Å²) in [5.74, 6) is 0.285. The quantitative estimate of drug-likeness (QED) is 0.606. The second kappa shape index (κ2) is 4.63. The van der Waals surface area contributed by atoms with Crippen molar-refractivity contribution in [2.24, 2.45) is 0 Å². The summed E-state index contributed by atoms with van der Waals surface area (Å²) in [5.41, 5.74) is 3.41. The Kier molecular flexibility index (Phi) is 2.96. The van der Waals surface area contributed by atoms with Crippen molar-refractivity contribution in [2.75, 3.05) is 0 Å². The molecular weight excluding hydrogens is 252 g/mol. The van der Waals surface area contributed by atoms with Gasteiger partial charge in [0.25, 0.3) is 0 Å². The van der Waals surface area contributed by atoms with Crippen molar-refractivity contribution in [2.45, 2.75) is 11.8 Å². The number of fused-ring (bicyclic) bond motifs is 1. The first-order valence-electron chi connectivity index (χ1n) is 6.17. The lowest BCUT2D eigenvalue weighted by Gasteiger charge is -2.12. The van der Waals surface area contributed by atoms with E-state index in [2.05, 4.69) is 37.8 Å². The van der Waals surface area contributed by atoms with E-state index in [-0.39, 0.29) is 5.75 Å². The van der Waals surface area contributed by atoms with Gasteiger partial charge in [0.15, 0.2) is 0 Å². The number of hydrogen-bond donors (Lipinski definition) is 2. The largest absolute Gasteiger partial charge is 0.508 e. The van der Waals surface area contributed by atoms with Gasteiger partial charge in [-0.1, -0.05) is 36.4 Å². The Balaban J connectivity index is 2.29. The Bertz CT molecular complexity index is 745. The summed E-state index contributed by atoms with van der Waals surface area (Å²) in [6.07, 6.45) is 0. The molecule has 19 heavy (non-hydrogen) atoms. The van der Waals surface area contributed by atoms with Crippen molar-refractivity contribution in [3.63, 3.8) is 0 Å². The van der Waals surface area contributed by atoms with Crippen molar-refractivity contribution < 1.29 is 5.11 Å². The summed E-state index contributed by atoms with van der Waals surface area (Å²) in [6.45, 7) is 2.08. The highest BCUT2D eigenvalue weighted by Crippen LogP contribution is 2.34. The van der Waals surface area contributed by atoms with Gasteiger partial charge < -0.3 is 5.11 Å². The summed E-state index contributed by atoms with van der Waals surface area (Å²) in [5, 5.41) is 11.7. The molecule has 1 nitrogen and oxygen atoms in total. The Hall–Kier alpha value is -1.93. The molecular formula is C17H14OS. The van der Waals surface area contributed by atoms with Crippen molar-refractivity contribution in [3.05, 3.63) is 60.2 Å². The molecule has 0 amide bonds. The van der Waals surface area contributed by atoms with Crippen molar-refractivity contribution in [1.82, 2.24) is 0 Å². The third-order valence-corrected chi connectivity index (χ3v) is 4.03. The van der Waals surface area contributed by atoms with Crippen LogP contribution in [-0.2, 0) is 0 Å². The number of phenols is 1. The Morgan fingerprint density at radius 3 is 2.37 bits per heavy atom. The van der Waals surface area contributed by atoms with Crippen LogP contribution in [0.5, 0.6) is 5.75 Å². The zero-order valence-corrected chi connectivity index (χ0v) is 11.5. The highest BCUT2D eigenvalue weighted by Gasteiger charge is 2.08. The van der Waals surface area contributed by atoms with Gasteiger partial charge >= 0.3 is 0 Å². The predicted molar refractivity (Wildman–Crippen MR) is 83.0 cm³/mol. The van der Waals surface area contributed by atoms with Crippen LogP contribution in [0.3, 0.4) is 0 Å². The van der Waals surface area contributed by atoms with E-state index in [9.17, 15) is 5.11 Å². The highest BCUT2D eigenvalue weighted by atomic mass is 32.1. The van der Waals surface area contributed by atoms with Crippen LogP contribution in [0.4, 0.5) is 0 Å². The zero-order valence-electron chi connectivity index (χ0n) is 10.6. The van der Waals surface area contributed by atoms with Crippen molar-refractivity contribution in [1.29, 1.82) is 0 Å². The summed E-state index contributed by atoms with van der Waals surface area (Å²) in [4.78, 5) is 1.01. The molecule has 2 heteroatoms. The molecule has 0 saturated heterocycles. The fraction of sp³-hybridized carbons (Fsp3) is 0.0588. The van der Waals surface area contributed by atoms with Crippen LogP contribution in [-0.4, -0.2) is 5.11 Å². The van der Waals surface area contributed by atoms with Crippen LogP contribution in [0.15, 0.2) is 59.5 Å². The second-order valence-corrected chi connectivity index (χ2v) is 5.11. The molecule has 0 spiro atoms. The molecule has 3 aromatic rings. The standard InChI is InChI=1S/C17H14OS/c1-11-16(12-6-8-14(18)9-7-12)10-13-4-2-3-5-15(13)17(11)19/h2-10,18-19H,1H3. The molecule has 0 heterocycles. The molecule has 0 radical (unpaired) electrons.